The molecule has 2 rings (SSSR count). The molecule has 2 aromatic carbocycles. The van der Waals surface area contributed by atoms with Crippen molar-refractivity contribution >= 4 is 95.6 Å². The van der Waals surface area contributed by atoms with Crippen LogP contribution in [0.4, 0.5) is 5.69 Å². The Kier molecular flexibility index (Phi) is 8.00. The number of amides is 1. The molecule has 1 amide bonds. The van der Waals surface area contributed by atoms with Gasteiger partial charge in [-0.15, -0.1) is 0 Å². The molecule has 0 bridgehead atoms. The number of alkyl halides is 3. The van der Waals surface area contributed by atoms with Crippen LogP contribution in [0.3, 0.4) is 0 Å². The molecule has 0 spiro atoms. The number of para-hydroxylation sites is 1. The number of carbonyl (C=O) groups excluding carboxylic acids is 1. The second-order valence-corrected chi connectivity index (χ2v) is 9.49. The lowest BCUT2D eigenvalue weighted by Crippen LogP contribution is -2.56. The standard InChI is InChI=1S/C16H12Br2Cl3N3OS/c17-10-6-2-1-5-9(10)13(25)23-14(16(19,20)21)24-15(26)22-12-8-4-3-7-11(12)18/h1-8,14H,(H,23,25)(H2,22,24,26). The van der Waals surface area contributed by atoms with Crippen LogP contribution in [0.25, 0.3) is 0 Å². The first-order chi connectivity index (χ1) is 12.2. The molecule has 10 heteroatoms. The predicted molar refractivity (Wildman–Crippen MR) is 119 cm³/mol. The monoisotopic (exact) mass is 557 g/mol. The second kappa shape index (κ2) is 9.57. The van der Waals surface area contributed by atoms with Gasteiger partial charge in [-0.25, -0.2) is 0 Å². The first-order valence-electron chi connectivity index (χ1n) is 7.12. The highest BCUT2D eigenvalue weighted by molar-refractivity contribution is 9.11. The minimum atomic E-state index is -1.84. The highest BCUT2D eigenvalue weighted by Gasteiger charge is 2.35. The summed E-state index contributed by atoms with van der Waals surface area (Å²) >= 11 is 30.0. The van der Waals surface area contributed by atoms with Crippen molar-refractivity contribution in [3.8, 4) is 0 Å². The van der Waals surface area contributed by atoms with Crippen LogP contribution in [-0.2, 0) is 0 Å². The number of halogens is 5. The fraction of sp³-hybridized carbons (Fsp3) is 0.125. The molecular weight excluding hydrogens is 548 g/mol. The third kappa shape index (κ3) is 6.25. The van der Waals surface area contributed by atoms with Crippen molar-refractivity contribution in [3.63, 3.8) is 0 Å². The predicted octanol–water partition coefficient (Wildman–Crippen LogP) is 5.62. The molecular formula is C16H12Br2Cl3N3OS. The number of hydrogen-bond donors (Lipinski definition) is 3. The summed E-state index contributed by atoms with van der Waals surface area (Å²) in [6, 6.07) is 14.3. The number of rotatable bonds is 4. The third-order valence-corrected chi connectivity index (χ3v) is 5.38. The van der Waals surface area contributed by atoms with E-state index in [2.05, 4.69) is 47.8 Å². The Morgan fingerprint density at radius 3 is 2.12 bits per heavy atom. The summed E-state index contributed by atoms with van der Waals surface area (Å²) in [6.07, 6.45) is -1.06. The van der Waals surface area contributed by atoms with Crippen molar-refractivity contribution in [1.82, 2.24) is 10.6 Å². The van der Waals surface area contributed by atoms with Gasteiger partial charge in [0.2, 0.25) is 3.79 Å². The van der Waals surface area contributed by atoms with Crippen LogP contribution in [0.15, 0.2) is 57.5 Å². The maximum Gasteiger partial charge on any atom is 0.254 e. The Bertz CT molecular complexity index is 817. The van der Waals surface area contributed by atoms with E-state index in [1.807, 2.05) is 24.3 Å². The topological polar surface area (TPSA) is 53.2 Å². The van der Waals surface area contributed by atoms with E-state index in [0.717, 1.165) is 10.2 Å². The summed E-state index contributed by atoms with van der Waals surface area (Å²) in [4.78, 5) is 12.5. The van der Waals surface area contributed by atoms with Crippen LogP contribution in [0.5, 0.6) is 0 Å². The summed E-state index contributed by atoms with van der Waals surface area (Å²) in [5, 5.41) is 8.59. The van der Waals surface area contributed by atoms with Crippen LogP contribution in [0.2, 0.25) is 0 Å². The van der Waals surface area contributed by atoms with Gasteiger partial charge >= 0.3 is 0 Å². The Labute approximate surface area is 188 Å². The lowest BCUT2D eigenvalue weighted by Gasteiger charge is -2.28. The molecule has 4 nitrogen and oxygen atoms in total. The number of nitrogens with one attached hydrogen (secondary N) is 3. The molecule has 0 saturated carbocycles. The average Bonchev–Trinajstić information content (AvgIpc) is 2.56. The van der Waals surface area contributed by atoms with Gasteiger partial charge in [-0.3, -0.25) is 4.79 Å². The first kappa shape index (κ1) is 21.7. The largest absolute Gasteiger partial charge is 0.339 e. The maximum atomic E-state index is 12.5. The molecule has 26 heavy (non-hydrogen) atoms. The molecule has 0 aliphatic rings. The van der Waals surface area contributed by atoms with E-state index in [1.165, 1.54) is 0 Å². The molecule has 0 radical (unpaired) electrons. The molecule has 1 unspecified atom stereocenters. The average molecular weight is 561 g/mol. The van der Waals surface area contributed by atoms with Gasteiger partial charge in [-0.05, 0) is 68.3 Å². The minimum absolute atomic E-state index is 0.181. The van der Waals surface area contributed by atoms with Crippen LogP contribution in [0, 0.1) is 0 Å². The zero-order valence-corrected chi connectivity index (χ0v) is 19.2. The molecule has 0 saturated heterocycles. The first-order valence-corrected chi connectivity index (χ1v) is 10.3. The SMILES string of the molecule is O=C(NC(NC(=S)Nc1ccccc1Br)C(Cl)(Cl)Cl)c1ccccc1Br. The summed E-state index contributed by atoms with van der Waals surface area (Å²) in [6.45, 7) is 0. The minimum Gasteiger partial charge on any atom is -0.339 e. The van der Waals surface area contributed by atoms with E-state index in [4.69, 9.17) is 47.0 Å². The molecule has 138 valence electrons. The van der Waals surface area contributed by atoms with Gasteiger partial charge in [-0.2, -0.15) is 0 Å². The summed E-state index contributed by atoms with van der Waals surface area (Å²) in [5.41, 5.74) is 1.13. The highest BCUT2D eigenvalue weighted by atomic mass is 79.9. The van der Waals surface area contributed by atoms with Crippen molar-refractivity contribution in [1.29, 1.82) is 0 Å². The lowest BCUT2D eigenvalue weighted by molar-refractivity contribution is 0.0934. The van der Waals surface area contributed by atoms with Crippen LogP contribution in [0.1, 0.15) is 10.4 Å². The summed E-state index contributed by atoms with van der Waals surface area (Å²) in [5.74, 6) is -0.426. The van der Waals surface area contributed by atoms with Crippen molar-refractivity contribution in [3.05, 3.63) is 63.0 Å². The van der Waals surface area contributed by atoms with Crippen LogP contribution >= 0.6 is 78.9 Å². The third-order valence-electron chi connectivity index (χ3n) is 3.12. The van der Waals surface area contributed by atoms with Crippen molar-refractivity contribution in [2.75, 3.05) is 5.32 Å². The molecule has 0 heterocycles. The quantitative estimate of drug-likeness (QED) is 0.258. The second-order valence-electron chi connectivity index (χ2n) is 5.01. The zero-order chi connectivity index (χ0) is 19.3. The molecule has 2 aromatic rings. The molecule has 0 aliphatic heterocycles. The van der Waals surface area contributed by atoms with E-state index in [0.29, 0.717) is 10.0 Å². The van der Waals surface area contributed by atoms with Crippen molar-refractivity contribution in [2.24, 2.45) is 0 Å². The molecule has 0 fully saturated rings. The molecule has 0 aromatic heterocycles. The van der Waals surface area contributed by atoms with Crippen molar-refractivity contribution < 1.29 is 4.79 Å². The highest BCUT2D eigenvalue weighted by Crippen LogP contribution is 2.30. The van der Waals surface area contributed by atoms with Gasteiger partial charge in [0.05, 0.1) is 11.3 Å². The Hall–Kier alpha value is -0.570. The molecule has 0 aliphatic carbocycles. The summed E-state index contributed by atoms with van der Waals surface area (Å²) in [7, 11) is 0. The van der Waals surface area contributed by atoms with Gasteiger partial charge in [-0.1, -0.05) is 59.1 Å². The van der Waals surface area contributed by atoms with Gasteiger partial charge < -0.3 is 16.0 Å². The van der Waals surface area contributed by atoms with Gasteiger partial charge in [0.25, 0.3) is 5.91 Å². The molecule has 1 atom stereocenters. The van der Waals surface area contributed by atoms with Gasteiger partial charge in [0, 0.05) is 8.95 Å². The van der Waals surface area contributed by atoms with E-state index >= 15 is 0 Å². The number of carbonyl (C=O) groups is 1. The van der Waals surface area contributed by atoms with Gasteiger partial charge in [0.15, 0.2) is 5.11 Å². The lowest BCUT2D eigenvalue weighted by atomic mass is 10.2. The maximum absolute atomic E-state index is 12.5. The Morgan fingerprint density at radius 1 is 0.962 bits per heavy atom. The van der Waals surface area contributed by atoms with Crippen LogP contribution in [-0.4, -0.2) is 21.0 Å². The summed E-state index contributed by atoms with van der Waals surface area (Å²) < 4.78 is -0.405. The van der Waals surface area contributed by atoms with Crippen LogP contribution < -0.4 is 16.0 Å². The van der Waals surface area contributed by atoms with Crippen molar-refractivity contribution in [2.45, 2.75) is 9.96 Å². The van der Waals surface area contributed by atoms with E-state index in [1.54, 1.807) is 24.3 Å². The number of anilines is 1. The van der Waals surface area contributed by atoms with E-state index in [9.17, 15) is 4.79 Å². The number of thiocarbonyl (C=S) groups is 1. The molecule has 3 N–H and O–H groups in total. The van der Waals surface area contributed by atoms with E-state index < -0.39 is 15.9 Å². The fourth-order valence-electron chi connectivity index (χ4n) is 1.91. The zero-order valence-electron chi connectivity index (χ0n) is 12.9. The smallest absolute Gasteiger partial charge is 0.254 e. The normalized spacial score (nSPS) is 12.2. The fourth-order valence-corrected chi connectivity index (χ4v) is 3.31. The van der Waals surface area contributed by atoms with E-state index in [-0.39, 0.29) is 5.11 Å². The van der Waals surface area contributed by atoms with Gasteiger partial charge in [0.1, 0.15) is 6.17 Å². The number of hydrogen-bond acceptors (Lipinski definition) is 2. The Morgan fingerprint density at radius 2 is 1.54 bits per heavy atom. The number of benzene rings is 2. The Balaban J connectivity index is 2.10.